The van der Waals surface area contributed by atoms with E-state index in [9.17, 15) is 4.79 Å². The van der Waals surface area contributed by atoms with Gasteiger partial charge in [-0.05, 0) is 49.7 Å². The minimum atomic E-state index is -0.0732. The van der Waals surface area contributed by atoms with Gasteiger partial charge in [0, 0.05) is 50.2 Å². The predicted octanol–water partition coefficient (Wildman–Crippen LogP) is 2.88. The summed E-state index contributed by atoms with van der Waals surface area (Å²) in [6.45, 7) is 6.56. The molecule has 9 nitrogen and oxygen atoms in total. The van der Waals surface area contributed by atoms with Crippen LogP contribution in [0.4, 0.5) is 5.95 Å². The number of aromatic nitrogens is 4. The molecular weight excluding hydrogens is 408 g/mol. The van der Waals surface area contributed by atoms with E-state index in [1.165, 1.54) is 4.90 Å². The third-order valence-electron chi connectivity index (χ3n) is 5.10. The van der Waals surface area contributed by atoms with Crippen molar-refractivity contribution in [2.45, 2.75) is 13.8 Å². The monoisotopic (exact) mass is 434 g/mol. The van der Waals surface area contributed by atoms with E-state index in [0.717, 1.165) is 16.8 Å². The Morgan fingerprint density at radius 1 is 1.06 bits per heavy atom. The number of rotatable bonds is 5. The van der Waals surface area contributed by atoms with Crippen molar-refractivity contribution in [1.29, 1.82) is 0 Å². The van der Waals surface area contributed by atoms with E-state index in [0.29, 0.717) is 49.4 Å². The van der Waals surface area contributed by atoms with Crippen LogP contribution in [-0.4, -0.2) is 71.1 Å². The van der Waals surface area contributed by atoms with E-state index in [1.54, 1.807) is 44.6 Å². The molecule has 1 aliphatic heterocycles. The number of morpholine rings is 1. The molecule has 0 N–H and O–H groups in total. The molecule has 0 spiro atoms. The highest BCUT2D eigenvalue weighted by atomic mass is 16.5. The number of carbonyl (C=O) groups excluding carboxylic acids is 1. The molecule has 3 aromatic rings. The van der Waals surface area contributed by atoms with Gasteiger partial charge in [0.2, 0.25) is 5.95 Å². The van der Waals surface area contributed by atoms with E-state index < -0.39 is 0 Å². The third kappa shape index (κ3) is 4.83. The van der Waals surface area contributed by atoms with Gasteiger partial charge in [-0.3, -0.25) is 9.78 Å². The van der Waals surface area contributed by atoms with Crippen molar-refractivity contribution in [3.8, 4) is 23.1 Å². The lowest BCUT2D eigenvalue weighted by molar-refractivity contribution is 0.0827. The van der Waals surface area contributed by atoms with Gasteiger partial charge < -0.3 is 19.3 Å². The van der Waals surface area contributed by atoms with Gasteiger partial charge in [0.05, 0.1) is 13.2 Å². The summed E-state index contributed by atoms with van der Waals surface area (Å²) in [6.07, 6.45) is 1.77. The van der Waals surface area contributed by atoms with Crippen molar-refractivity contribution < 1.29 is 14.3 Å². The van der Waals surface area contributed by atoms with Gasteiger partial charge in [-0.2, -0.15) is 15.0 Å². The van der Waals surface area contributed by atoms with Gasteiger partial charge >= 0.3 is 6.01 Å². The third-order valence-corrected chi connectivity index (χ3v) is 5.10. The van der Waals surface area contributed by atoms with Crippen LogP contribution in [0.15, 0.2) is 36.5 Å². The van der Waals surface area contributed by atoms with Crippen LogP contribution in [0.3, 0.4) is 0 Å². The maximum atomic E-state index is 12.1. The lowest BCUT2D eigenvalue weighted by atomic mass is 10.1. The van der Waals surface area contributed by atoms with Crippen molar-refractivity contribution in [3.63, 3.8) is 0 Å². The molecule has 1 fully saturated rings. The van der Waals surface area contributed by atoms with E-state index in [1.807, 2.05) is 19.9 Å². The Morgan fingerprint density at radius 2 is 1.78 bits per heavy atom. The Balaban J connectivity index is 1.68. The fourth-order valence-electron chi connectivity index (χ4n) is 3.38. The topological polar surface area (TPSA) is 93.6 Å². The number of hydrogen-bond donors (Lipinski definition) is 0. The first-order chi connectivity index (χ1) is 15.4. The zero-order valence-electron chi connectivity index (χ0n) is 18.7. The fraction of sp³-hybridized carbons (Fsp3) is 0.348. The molecule has 3 heterocycles. The highest BCUT2D eigenvalue weighted by Crippen LogP contribution is 2.26. The molecule has 0 radical (unpaired) electrons. The van der Waals surface area contributed by atoms with Crippen LogP contribution in [0.2, 0.25) is 0 Å². The SMILES string of the molecule is Cc1cc(C)c(-c2nc(Oc3ccc(C(=O)N(C)C)cc3)nc(N3CCOCC3)n2)cn1. The van der Waals surface area contributed by atoms with Crippen molar-refractivity contribution in [1.82, 2.24) is 24.8 Å². The van der Waals surface area contributed by atoms with Gasteiger partial charge in [0.15, 0.2) is 5.82 Å². The summed E-state index contributed by atoms with van der Waals surface area (Å²) in [5, 5.41) is 0. The highest BCUT2D eigenvalue weighted by Gasteiger charge is 2.19. The number of aryl methyl sites for hydroxylation is 2. The lowest BCUT2D eigenvalue weighted by Crippen LogP contribution is -2.37. The molecule has 0 aliphatic carbocycles. The van der Waals surface area contributed by atoms with E-state index in [2.05, 4.69) is 19.9 Å². The summed E-state index contributed by atoms with van der Waals surface area (Å²) in [5.41, 5.74) is 3.35. The first-order valence-corrected chi connectivity index (χ1v) is 10.4. The average molecular weight is 435 g/mol. The standard InChI is InChI=1S/C23H26N6O3/c1-15-13-16(2)24-14-19(15)20-25-22(29-9-11-31-12-10-29)27-23(26-20)32-18-7-5-17(6-8-18)21(30)28(3)4/h5-8,13-14H,9-12H2,1-4H3. The molecule has 0 saturated carbocycles. The normalized spacial score (nSPS) is 13.7. The maximum Gasteiger partial charge on any atom is 0.327 e. The molecule has 1 amide bonds. The second-order valence-corrected chi connectivity index (χ2v) is 7.81. The second kappa shape index (κ2) is 9.27. The van der Waals surface area contributed by atoms with Crippen molar-refractivity contribution in [3.05, 3.63) is 53.3 Å². The first-order valence-electron chi connectivity index (χ1n) is 10.4. The molecule has 166 valence electrons. The van der Waals surface area contributed by atoms with Crippen LogP contribution >= 0.6 is 0 Å². The number of amides is 1. The van der Waals surface area contributed by atoms with Gasteiger partial charge in [-0.25, -0.2) is 0 Å². The molecule has 4 rings (SSSR count). The fourth-order valence-corrected chi connectivity index (χ4v) is 3.38. The van der Waals surface area contributed by atoms with Crippen LogP contribution in [-0.2, 0) is 4.74 Å². The zero-order valence-corrected chi connectivity index (χ0v) is 18.7. The predicted molar refractivity (Wildman–Crippen MR) is 120 cm³/mol. The second-order valence-electron chi connectivity index (χ2n) is 7.81. The molecule has 0 bridgehead atoms. The number of ether oxygens (including phenoxy) is 2. The number of anilines is 1. The number of hydrogen-bond acceptors (Lipinski definition) is 8. The number of carbonyl (C=O) groups is 1. The minimum Gasteiger partial charge on any atom is -0.424 e. The van der Waals surface area contributed by atoms with Crippen LogP contribution in [0.1, 0.15) is 21.6 Å². The van der Waals surface area contributed by atoms with Crippen LogP contribution in [0.25, 0.3) is 11.4 Å². The Kier molecular flexibility index (Phi) is 6.27. The van der Waals surface area contributed by atoms with Gasteiger partial charge in [0.1, 0.15) is 5.75 Å². The largest absolute Gasteiger partial charge is 0.424 e. The van der Waals surface area contributed by atoms with Crippen LogP contribution in [0, 0.1) is 13.8 Å². The van der Waals surface area contributed by atoms with E-state index in [4.69, 9.17) is 14.5 Å². The Labute approximate surface area is 187 Å². The minimum absolute atomic E-state index is 0.0732. The molecule has 9 heteroatoms. The molecule has 1 saturated heterocycles. The summed E-state index contributed by atoms with van der Waals surface area (Å²) in [5.74, 6) is 1.49. The molecule has 32 heavy (non-hydrogen) atoms. The smallest absolute Gasteiger partial charge is 0.327 e. The number of benzene rings is 1. The quantitative estimate of drug-likeness (QED) is 0.605. The summed E-state index contributed by atoms with van der Waals surface area (Å²) < 4.78 is 11.4. The van der Waals surface area contributed by atoms with E-state index >= 15 is 0 Å². The van der Waals surface area contributed by atoms with Gasteiger partial charge in [0.25, 0.3) is 5.91 Å². The van der Waals surface area contributed by atoms with Crippen molar-refractivity contribution in [2.75, 3.05) is 45.3 Å². The summed E-state index contributed by atoms with van der Waals surface area (Å²) >= 11 is 0. The molecule has 0 atom stereocenters. The van der Waals surface area contributed by atoms with Crippen molar-refractivity contribution >= 4 is 11.9 Å². The molecular formula is C23H26N6O3. The lowest BCUT2D eigenvalue weighted by Gasteiger charge is -2.27. The number of pyridine rings is 1. The maximum absolute atomic E-state index is 12.1. The van der Waals surface area contributed by atoms with E-state index in [-0.39, 0.29) is 11.9 Å². The molecule has 1 aliphatic rings. The Bertz CT molecular complexity index is 1110. The Morgan fingerprint density at radius 3 is 2.44 bits per heavy atom. The molecule has 2 aromatic heterocycles. The summed E-state index contributed by atoms with van der Waals surface area (Å²) in [7, 11) is 3.43. The van der Waals surface area contributed by atoms with Gasteiger partial charge in [-0.15, -0.1) is 0 Å². The zero-order chi connectivity index (χ0) is 22.7. The summed E-state index contributed by atoms with van der Waals surface area (Å²) in [6, 6.07) is 9.07. The van der Waals surface area contributed by atoms with Crippen LogP contribution in [0.5, 0.6) is 11.8 Å². The average Bonchev–Trinajstić information content (AvgIpc) is 2.79. The van der Waals surface area contributed by atoms with Crippen molar-refractivity contribution in [2.24, 2.45) is 0 Å². The summed E-state index contributed by atoms with van der Waals surface area (Å²) in [4.78, 5) is 33.9. The first kappa shape index (κ1) is 21.6. The van der Waals surface area contributed by atoms with Crippen LogP contribution < -0.4 is 9.64 Å². The number of nitrogens with zero attached hydrogens (tertiary/aromatic N) is 6. The molecule has 0 unspecified atom stereocenters. The Hall–Kier alpha value is -3.59. The molecule has 1 aromatic carbocycles. The van der Waals surface area contributed by atoms with Gasteiger partial charge in [-0.1, -0.05) is 0 Å². The highest BCUT2D eigenvalue weighted by molar-refractivity contribution is 5.93.